The molecule has 0 amide bonds. The van der Waals surface area contributed by atoms with E-state index in [0.29, 0.717) is 0 Å². The van der Waals surface area contributed by atoms with Crippen LogP contribution in [-0.2, 0) is 0 Å². The van der Waals surface area contributed by atoms with Crippen LogP contribution < -0.4 is 21.2 Å². The Labute approximate surface area is 183 Å². The molecule has 0 aliphatic heterocycles. The quantitative estimate of drug-likeness (QED) is 0.312. The lowest BCUT2D eigenvalue weighted by Crippen LogP contribution is -2.29. The van der Waals surface area contributed by atoms with E-state index < -0.39 is 7.26 Å². The molecule has 0 unspecified atom stereocenters. The molecular formula is C28H29P2+. The van der Waals surface area contributed by atoms with Crippen molar-refractivity contribution in [2.45, 2.75) is 6.92 Å². The molecule has 0 fully saturated rings. The van der Waals surface area contributed by atoms with Gasteiger partial charge in [-0.3, -0.25) is 0 Å². The summed E-state index contributed by atoms with van der Waals surface area (Å²) >= 11 is 0. The summed E-state index contributed by atoms with van der Waals surface area (Å²) in [5, 5.41) is 6.03. The Bertz CT molecular complexity index is 936. The van der Waals surface area contributed by atoms with Crippen LogP contribution in [0.2, 0.25) is 0 Å². The van der Waals surface area contributed by atoms with Gasteiger partial charge < -0.3 is 0 Å². The van der Waals surface area contributed by atoms with Crippen LogP contribution in [0.1, 0.15) is 6.92 Å². The summed E-state index contributed by atoms with van der Waals surface area (Å²) in [5.41, 5.74) is 0. The van der Waals surface area contributed by atoms with Gasteiger partial charge in [-0.15, -0.1) is 0 Å². The van der Waals surface area contributed by atoms with Gasteiger partial charge in [0.05, 0.1) is 30.2 Å². The lowest BCUT2D eigenvalue weighted by molar-refractivity contribution is 1.40. The number of hydrogen-bond donors (Lipinski definition) is 0. The highest BCUT2D eigenvalue weighted by Gasteiger charge is 2.41. The van der Waals surface area contributed by atoms with Gasteiger partial charge in [0.1, 0.15) is 0 Å². The van der Waals surface area contributed by atoms with Gasteiger partial charge >= 0.3 is 0 Å². The van der Waals surface area contributed by atoms with Crippen LogP contribution in [-0.4, -0.2) is 18.5 Å². The Morgan fingerprint density at radius 2 is 0.900 bits per heavy atom. The van der Waals surface area contributed by atoms with E-state index in [1.807, 2.05) is 0 Å². The highest BCUT2D eigenvalue weighted by atomic mass is 31.2. The average molecular weight is 427 g/mol. The molecule has 0 saturated heterocycles. The maximum absolute atomic E-state index is 2.39. The fourth-order valence-corrected chi connectivity index (χ4v) is 11.6. The molecule has 0 N–H and O–H groups in total. The molecule has 0 spiro atoms. The predicted octanol–water partition coefficient (Wildman–Crippen LogP) is 5.81. The van der Waals surface area contributed by atoms with Gasteiger partial charge in [0.25, 0.3) is 0 Å². The Hall–Kier alpha value is -2.26. The van der Waals surface area contributed by atoms with Crippen molar-refractivity contribution in [3.8, 4) is 0 Å². The zero-order valence-electron chi connectivity index (χ0n) is 17.6. The minimum absolute atomic E-state index is 0.374. The normalized spacial score (nSPS) is 11.5. The van der Waals surface area contributed by atoms with E-state index in [2.05, 4.69) is 128 Å². The van der Waals surface area contributed by atoms with Gasteiger partial charge in [0.15, 0.2) is 0 Å². The Balaban J connectivity index is 1.74. The van der Waals surface area contributed by atoms with Crippen molar-refractivity contribution in [2.75, 3.05) is 18.5 Å². The van der Waals surface area contributed by atoms with E-state index in [4.69, 9.17) is 0 Å². The maximum Gasteiger partial charge on any atom is 0.0991 e. The summed E-state index contributed by atoms with van der Waals surface area (Å²) in [6.45, 7) is 2.39. The zero-order valence-corrected chi connectivity index (χ0v) is 19.4. The Morgan fingerprint density at radius 1 is 0.533 bits per heavy atom. The third-order valence-corrected chi connectivity index (χ3v) is 13.4. The molecule has 30 heavy (non-hydrogen) atoms. The molecule has 2 heteroatoms. The van der Waals surface area contributed by atoms with Crippen molar-refractivity contribution < 1.29 is 0 Å². The molecular weight excluding hydrogens is 398 g/mol. The number of rotatable bonds is 8. The molecule has 4 rings (SSSR count). The molecule has 4 aromatic carbocycles. The van der Waals surface area contributed by atoms with E-state index in [1.54, 1.807) is 0 Å². The molecule has 0 aromatic heterocycles. The molecule has 0 heterocycles. The minimum atomic E-state index is -1.46. The van der Waals surface area contributed by atoms with Crippen LogP contribution >= 0.6 is 15.2 Å². The third-order valence-electron chi connectivity index (χ3n) is 5.88. The maximum atomic E-state index is 2.39. The van der Waals surface area contributed by atoms with E-state index in [-0.39, 0.29) is 7.92 Å². The smallest absolute Gasteiger partial charge is 0.0622 e. The van der Waals surface area contributed by atoms with E-state index in [9.17, 15) is 0 Å². The average Bonchev–Trinajstić information content (AvgIpc) is 2.84. The van der Waals surface area contributed by atoms with Crippen molar-refractivity contribution in [2.24, 2.45) is 0 Å². The van der Waals surface area contributed by atoms with Gasteiger partial charge in [0, 0.05) is 6.16 Å². The predicted molar refractivity (Wildman–Crippen MR) is 138 cm³/mol. The van der Waals surface area contributed by atoms with Gasteiger partial charge in [-0.2, -0.15) is 0 Å². The van der Waals surface area contributed by atoms with Crippen LogP contribution in [0.4, 0.5) is 0 Å². The summed E-state index contributed by atoms with van der Waals surface area (Å²) in [7, 11) is -1.83. The Morgan fingerprint density at radius 3 is 1.27 bits per heavy atom. The van der Waals surface area contributed by atoms with E-state index in [1.165, 1.54) is 39.7 Å². The summed E-state index contributed by atoms with van der Waals surface area (Å²) in [6.07, 6.45) is 3.66. The molecule has 0 radical (unpaired) electrons. The molecule has 0 nitrogen and oxygen atoms in total. The molecule has 0 aliphatic carbocycles. The third kappa shape index (κ3) is 4.57. The number of benzene rings is 4. The van der Waals surface area contributed by atoms with Gasteiger partial charge in [-0.25, -0.2) is 0 Å². The lowest BCUT2D eigenvalue weighted by Gasteiger charge is -2.29. The molecule has 4 aromatic rings. The molecule has 0 bridgehead atoms. The minimum Gasteiger partial charge on any atom is -0.0622 e. The van der Waals surface area contributed by atoms with Crippen molar-refractivity contribution in [3.63, 3.8) is 0 Å². The van der Waals surface area contributed by atoms with Crippen LogP contribution in [0.25, 0.3) is 0 Å². The first-order valence-electron chi connectivity index (χ1n) is 10.7. The summed E-state index contributed by atoms with van der Waals surface area (Å²) in [6, 6.07) is 44.8. The summed E-state index contributed by atoms with van der Waals surface area (Å²) in [5.74, 6) is 0. The van der Waals surface area contributed by atoms with Gasteiger partial charge in [-0.1, -0.05) is 97.1 Å². The molecule has 0 atom stereocenters. The first kappa shape index (κ1) is 21.0. The Kier molecular flexibility index (Phi) is 7.11. The molecule has 0 aliphatic rings. The second kappa shape index (κ2) is 10.2. The second-order valence-corrected chi connectivity index (χ2v) is 13.9. The monoisotopic (exact) mass is 427 g/mol. The first-order chi connectivity index (χ1) is 14.8. The van der Waals surface area contributed by atoms with Crippen molar-refractivity contribution >= 4 is 36.4 Å². The highest BCUT2D eigenvalue weighted by Crippen LogP contribution is 2.57. The fourth-order valence-electron chi connectivity index (χ4n) is 4.25. The van der Waals surface area contributed by atoms with Crippen molar-refractivity contribution in [1.82, 2.24) is 0 Å². The lowest BCUT2D eigenvalue weighted by atomic mass is 10.4. The van der Waals surface area contributed by atoms with Crippen molar-refractivity contribution in [3.05, 3.63) is 121 Å². The van der Waals surface area contributed by atoms with Crippen LogP contribution in [0.5, 0.6) is 0 Å². The van der Waals surface area contributed by atoms with E-state index in [0.717, 1.165) is 0 Å². The van der Waals surface area contributed by atoms with Crippen LogP contribution in [0.15, 0.2) is 121 Å². The van der Waals surface area contributed by atoms with Gasteiger partial charge in [0.2, 0.25) is 0 Å². The number of hydrogen-bond acceptors (Lipinski definition) is 0. The summed E-state index contributed by atoms with van der Waals surface area (Å²) in [4.78, 5) is 0. The standard InChI is InChI=1S/C28H29P2/c1-2-30(27-19-11-5-12-20-27,28-21-13-6-14-22-28)24-23-29(25-15-7-3-8-16-25)26-17-9-4-10-18-26/h3-22H,2,23-24H2,1H3/q+1. The van der Waals surface area contributed by atoms with Crippen molar-refractivity contribution in [1.29, 1.82) is 0 Å². The fraction of sp³-hybridized carbons (Fsp3) is 0.143. The molecule has 0 saturated carbocycles. The van der Waals surface area contributed by atoms with E-state index >= 15 is 0 Å². The highest BCUT2D eigenvalue weighted by molar-refractivity contribution is 7.90. The van der Waals surface area contributed by atoms with Crippen LogP contribution in [0.3, 0.4) is 0 Å². The SMILES string of the molecule is CC[P+](CCP(c1ccccc1)c1ccccc1)(c1ccccc1)c1ccccc1. The van der Waals surface area contributed by atoms with Crippen LogP contribution in [0, 0.1) is 0 Å². The second-order valence-electron chi connectivity index (χ2n) is 7.50. The largest absolute Gasteiger partial charge is 0.0991 e. The zero-order chi connectivity index (χ0) is 20.7. The summed E-state index contributed by atoms with van der Waals surface area (Å²) < 4.78 is 0. The molecule has 150 valence electrons. The topological polar surface area (TPSA) is 0 Å². The first-order valence-corrected chi connectivity index (χ1v) is 14.4. The van der Waals surface area contributed by atoms with Gasteiger partial charge in [-0.05, 0) is 49.7 Å².